The molecule has 0 bridgehead atoms. The van der Waals surface area contributed by atoms with Crippen LogP contribution in [0.2, 0.25) is 0 Å². The highest BCUT2D eigenvalue weighted by Gasteiger charge is 2.06. The summed E-state index contributed by atoms with van der Waals surface area (Å²) in [5, 5.41) is 9.98. The maximum absolute atomic E-state index is 4.20. The summed E-state index contributed by atoms with van der Waals surface area (Å²) in [6, 6.07) is 3.93. The average Bonchev–Trinajstić information content (AvgIpc) is 2.53. The molecule has 3 nitrogen and oxygen atoms in total. The summed E-state index contributed by atoms with van der Waals surface area (Å²) in [4.78, 5) is 4.20. The fraction of sp³-hybridized carbons (Fsp3) is 0.222. The van der Waals surface area contributed by atoms with Crippen LogP contribution in [0, 0.1) is 13.8 Å². The van der Waals surface area contributed by atoms with Crippen LogP contribution in [0.4, 0.5) is 0 Å². The van der Waals surface area contributed by atoms with Crippen molar-refractivity contribution in [2.24, 2.45) is 0 Å². The van der Waals surface area contributed by atoms with Crippen molar-refractivity contribution in [1.82, 2.24) is 15.2 Å². The lowest BCUT2D eigenvalue weighted by Gasteiger charge is -1.97. The highest BCUT2D eigenvalue weighted by atomic mass is 32.1. The Labute approximate surface area is 80.5 Å². The lowest BCUT2D eigenvalue weighted by atomic mass is 10.2. The molecule has 0 N–H and O–H groups in total. The minimum absolute atomic E-state index is 0.947. The van der Waals surface area contributed by atoms with E-state index in [2.05, 4.69) is 15.2 Å². The van der Waals surface area contributed by atoms with Gasteiger partial charge in [-0.3, -0.25) is 4.98 Å². The van der Waals surface area contributed by atoms with Gasteiger partial charge >= 0.3 is 0 Å². The predicted octanol–water partition coefficient (Wildman–Crippen LogP) is 2.22. The van der Waals surface area contributed by atoms with E-state index in [-0.39, 0.29) is 0 Å². The van der Waals surface area contributed by atoms with E-state index in [1.54, 1.807) is 17.5 Å². The van der Waals surface area contributed by atoms with E-state index in [9.17, 15) is 0 Å². The monoisotopic (exact) mass is 191 g/mol. The normalized spacial score (nSPS) is 10.3. The van der Waals surface area contributed by atoms with Gasteiger partial charge in [-0.25, -0.2) is 0 Å². The van der Waals surface area contributed by atoms with Gasteiger partial charge in [0.15, 0.2) is 0 Å². The highest BCUT2D eigenvalue weighted by molar-refractivity contribution is 7.14. The van der Waals surface area contributed by atoms with Crippen LogP contribution in [-0.4, -0.2) is 15.2 Å². The van der Waals surface area contributed by atoms with Crippen molar-refractivity contribution >= 4 is 11.3 Å². The van der Waals surface area contributed by atoms with Gasteiger partial charge < -0.3 is 0 Å². The summed E-state index contributed by atoms with van der Waals surface area (Å²) in [6.07, 6.45) is 1.78. The van der Waals surface area contributed by atoms with E-state index in [4.69, 9.17) is 0 Å². The van der Waals surface area contributed by atoms with E-state index in [0.717, 1.165) is 21.3 Å². The Balaban J connectivity index is 2.52. The van der Waals surface area contributed by atoms with Crippen molar-refractivity contribution in [3.63, 3.8) is 0 Å². The van der Waals surface area contributed by atoms with Crippen molar-refractivity contribution in [2.75, 3.05) is 0 Å². The van der Waals surface area contributed by atoms with Gasteiger partial charge in [-0.15, -0.1) is 10.2 Å². The van der Waals surface area contributed by atoms with E-state index >= 15 is 0 Å². The Bertz CT molecular complexity index is 422. The molecule has 2 rings (SSSR count). The van der Waals surface area contributed by atoms with Gasteiger partial charge in [0.05, 0.1) is 0 Å². The van der Waals surface area contributed by atoms with Gasteiger partial charge in [0.1, 0.15) is 10.0 Å². The Morgan fingerprint density at radius 2 is 2.08 bits per heavy atom. The zero-order valence-electron chi connectivity index (χ0n) is 7.48. The molecular formula is C9H9N3S. The minimum atomic E-state index is 0.947. The van der Waals surface area contributed by atoms with Crippen LogP contribution in [0.5, 0.6) is 0 Å². The Hall–Kier alpha value is -1.29. The fourth-order valence-corrected chi connectivity index (χ4v) is 1.88. The Kier molecular flexibility index (Phi) is 2.06. The van der Waals surface area contributed by atoms with Crippen LogP contribution in [-0.2, 0) is 0 Å². The number of hydrogen-bond donors (Lipinski definition) is 0. The first-order valence-electron chi connectivity index (χ1n) is 3.99. The van der Waals surface area contributed by atoms with Crippen LogP contribution >= 0.6 is 11.3 Å². The first-order valence-corrected chi connectivity index (χ1v) is 4.81. The molecule has 66 valence electrons. The smallest absolute Gasteiger partial charge is 0.149 e. The number of nitrogens with zero attached hydrogens (tertiary/aromatic N) is 3. The largest absolute Gasteiger partial charge is 0.261 e. The molecule has 0 amide bonds. The quantitative estimate of drug-likeness (QED) is 0.693. The number of rotatable bonds is 1. The molecule has 0 aliphatic rings. The standard InChI is InChI=1S/C9H9N3S/c1-6-8(4-3-5-10-6)9-12-11-7(2)13-9/h3-5H,1-2H3. The van der Waals surface area contributed by atoms with Gasteiger partial charge in [0.25, 0.3) is 0 Å². The molecular weight excluding hydrogens is 182 g/mol. The van der Waals surface area contributed by atoms with Crippen LogP contribution in [0.3, 0.4) is 0 Å². The van der Waals surface area contributed by atoms with E-state index in [0.29, 0.717) is 0 Å². The maximum Gasteiger partial charge on any atom is 0.149 e. The molecule has 0 aromatic carbocycles. The van der Waals surface area contributed by atoms with E-state index in [1.165, 1.54) is 0 Å². The SMILES string of the molecule is Cc1nnc(-c2cccnc2C)s1. The second-order valence-electron chi connectivity index (χ2n) is 2.76. The molecule has 0 saturated heterocycles. The second kappa shape index (κ2) is 3.22. The van der Waals surface area contributed by atoms with Crippen LogP contribution < -0.4 is 0 Å². The van der Waals surface area contributed by atoms with Crippen molar-refractivity contribution in [3.05, 3.63) is 29.0 Å². The van der Waals surface area contributed by atoms with Crippen molar-refractivity contribution in [1.29, 1.82) is 0 Å². The lowest BCUT2D eigenvalue weighted by Crippen LogP contribution is -1.85. The van der Waals surface area contributed by atoms with E-state index < -0.39 is 0 Å². The molecule has 0 aliphatic heterocycles. The van der Waals surface area contributed by atoms with Crippen molar-refractivity contribution in [3.8, 4) is 10.6 Å². The number of aryl methyl sites for hydroxylation is 2. The number of aromatic nitrogens is 3. The maximum atomic E-state index is 4.20. The molecule has 13 heavy (non-hydrogen) atoms. The van der Waals surface area contributed by atoms with Gasteiger partial charge in [0, 0.05) is 17.5 Å². The van der Waals surface area contributed by atoms with Gasteiger partial charge in [-0.1, -0.05) is 11.3 Å². The molecule has 2 aromatic heterocycles. The first-order chi connectivity index (χ1) is 6.27. The summed E-state index contributed by atoms with van der Waals surface area (Å²) < 4.78 is 0. The van der Waals surface area contributed by atoms with Gasteiger partial charge in [0.2, 0.25) is 0 Å². The molecule has 0 atom stereocenters. The Morgan fingerprint density at radius 3 is 2.69 bits per heavy atom. The van der Waals surface area contributed by atoms with Crippen LogP contribution in [0.1, 0.15) is 10.7 Å². The summed E-state index contributed by atoms with van der Waals surface area (Å²) in [6.45, 7) is 3.93. The van der Waals surface area contributed by atoms with Crippen molar-refractivity contribution < 1.29 is 0 Å². The molecule has 2 aromatic rings. The second-order valence-corrected chi connectivity index (χ2v) is 3.94. The summed E-state index contributed by atoms with van der Waals surface area (Å²) in [5.41, 5.74) is 2.08. The minimum Gasteiger partial charge on any atom is -0.261 e. The first kappa shape index (κ1) is 8.31. The van der Waals surface area contributed by atoms with E-state index in [1.807, 2.05) is 26.0 Å². The summed E-state index contributed by atoms with van der Waals surface area (Å²) in [7, 11) is 0. The molecule has 4 heteroatoms. The molecule has 0 spiro atoms. The lowest BCUT2D eigenvalue weighted by molar-refractivity contribution is 1.05. The molecule has 2 heterocycles. The highest BCUT2D eigenvalue weighted by Crippen LogP contribution is 2.24. The number of hydrogen-bond acceptors (Lipinski definition) is 4. The third-order valence-corrected chi connectivity index (χ3v) is 2.64. The molecule has 0 unspecified atom stereocenters. The third-order valence-electron chi connectivity index (χ3n) is 1.76. The average molecular weight is 191 g/mol. The summed E-state index contributed by atoms with van der Waals surface area (Å²) in [5.74, 6) is 0. The molecule has 0 saturated carbocycles. The molecule has 0 radical (unpaired) electrons. The molecule has 0 aliphatic carbocycles. The Morgan fingerprint density at radius 1 is 1.23 bits per heavy atom. The molecule has 0 fully saturated rings. The van der Waals surface area contributed by atoms with Crippen LogP contribution in [0.25, 0.3) is 10.6 Å². The van der Waals surface area contributed by atoms with Crippen molar-refractivity contribution in [2.45, 2.75) is 13.8 Å². The zero-order valence-corrected chi connectivity index (χ0v) is 8.30. The van der Waals surface area contributed by atoms with Gasteiger partial charge in [-0.05, 0) is 26.0 Å². The topological polar surface area (TPSA) is 38.7 Å². The predicted molar refractivity (Wildman–Crippen MR) is 52.6 cm³/mol. The van der Waals surface area contributed by atoms with Gasteiger partial charge in [-0.2, -0.15) is 0 Å². The summed E-state index contributed by atoms with van der Waals surface area (Å²) >= 11 is 1.59. The fourth-order valence-electron chi connectivity index (χ4n) is 1.12. The zero-order chi connectivity index (χ0) is 9.26. The van der Waals surface area contributed by atoms with Crippen LogP contribution in [0.15, 0.2) is 18.3 Å². The number of pyridine rings is 1. The third kappa shape index (κ3) is 1.58.